The van der Waals surface area contributed by atoms with Crippen molar-refractivity contribution in [2.24, 2.45) is 0 Å². The highest BCUT2D eigenvalue weighted by Gasteiger charge is 2.46. The molecule has 4 aromatic rings. The Hall–Kier alpha value is -4.06. The third-order valence-corrected chi connectivity index (χ3v) is 6.46. The fourth-order valence-electron chi connectivity index (χ4n) is 4.35. The lowest BCUT2D eigenvalue weighted by Gasteiger charge is -2.39. The van der Waals surface area contributed by atoms with Crippen LogP contribution in [0.15, 0.2) is 79.0 Å². The molecule has 1 fully saturated rings. The van der Waals surface area contributed by atoms with E-state index >= 15 is 0 Å². The van der Waals surface area contributed by atoms with Gasteiger partial charge in [0, 0.05) is 34.8 Å². The highest BCUT2D eigenvalue weighted by Crippen LogP contribution is 2.45. The molecular weight excluding hydrogens is 424 g/mol. The third kappa shape index (κ3) is 4.15. The van der Waals surface area contributed by atoms with Gasteiger partial charge in [-0.05, 0) is 49.6 Å². The van der Waals surface area contributed by atoms with Crippen molar-refractivity contribution in [3.63, 3.8) is 0 Å². The molecule has 0 spiro atoms. The Bertz CT molecular complexity index is 1300. The van der Waals surface area contributed by atoms with Gasteiger partial charge in [0.1, 0.15) is 5.82 Å². The highest BCUT2D eigenvalue weighted by atomic mass is 16.5. The fourth-order valence-corrected chi connectivity index (χ4v) is 4.35. The molecule has 34 heavy (non-hydrogen) atoms. The number of carbonyl (C=O) groups excluding carboxylic acids is 1. The Balaban J connectivity index is 1.48. The molecule has 6 heteroatoms. The van der Waals surface area contributed by atoms with E-state index in [-0.39, 0.29) is 5.97 Å². The van der Waals surface area contributed by atoms with Crippen LogP contribution in [0.2, 0.25) is 0 Å². The van der Waals surface area contributed by atoms with E-state index in [2.05, 4.69) is 10.3 Å². The van der Waals surface area contributed by atoms with E-state index in [0.29, 0.717) is 11.6 Å². The lowest BCUT2D eigenvalue weighted by molar-refractivity contribution is -0.151. The van der Waals surface area contributed by atoms with Gasteiger partial charge < -0.3 is 10.1 Å². The first kappa shape index (κ1) is 21.8. The average molecular weight is 451 g/mol. The summed E-state index contributed by atoms with van der Waals surface area (Å²) >= 11 is 0. The number of methoxy groups -OCH3 is 1. The van der Waals surface area contributed by atoms with Crippen LogP contribution in [-0.4, -0.2) is 28.0 Å². The third-order valence-electron chi connectivity index (χ3n) is 6.46. The fraction of sp³-hybridized carbons (Fsp3) is 0.214. The molecule has 0 amide bonds. The van der Waals surface area contributed by atoms with Crippen LogP contribution in [0.1, 0.15) is 30.5 Å². The van der Waals surface area contributed by atoms with Crippen molar-refractivity contribution >= 4 is 17.5 Å². The summed E-state index contributed by atoms with van der Waals surface area (Å²) in [6.45, 7) is 1.95. The number of nitrogens with one attached hydrogen (secondary N) is 1. The Morgan fingerprint density at radius 3 is 2.32 bits per heavy atom. The first-order chi connectivity index (χ1) is 16.6. The Morgan fingerprint density at radius 1 is 0.941 bits per heavy atom. The van der Waals surface area contributed by atoms with Crippen molar-refractivity contribution in [3.05, 3.63) is 90.3 Å². The molecule has 1 N–H and O–H groups in total. The van der Waals surface area contributed by atoms with Gasteiger partial charge in [-0.15, -0.1) is 0 Å². The van der Waals surface area contributed by atoms with Gasteiger partial charge in [-0.1, -0.05) is 48.9 Å². The molecule has 2 heterocycles. The molecule has 0 atom stereocenters. The minimum atomic E-state index is -0.506. The molecule has 1 aliphatic rings. The number of rotatable bonds is 6. The second kappa shape index (κ2) is 9.06. The number of nitrogens with zero attached hydrogens (tertiary/aromatic N) is 3. The molecule has 2 aromatic heterocycles. The number of aromatic nitrogens is 3. The van der Waals surface area contributed by atoms with Gasteiger partial charge in [-0.3, -0.25) is 9.78 Å². The predicted octanol–water partition coefficient (Wildman–Crippen LogP) is 5.85. The molecule has 0 bridgehead atoms. The molecule has 0 aliphatic heterocycles. The largest absolute Gasteiger partial charge is 0.468 e. The van der Waals surface area contributed by atoms with Gasteiger partial charge in [-0.25, -0.2) is 9.97 Å². The van der Waals surface area contributed by atoms with E-state index in [1.165, 1.54) is 7.11 Å². The standard InChI is InChI=1S/C28H26N4O2/c1-19-9-10-21(18-29-19)26-31-24(20-7-4-3-5-8-20)17-25(32-26)30-23-13-11-22(12-14-23)28(15-6-16-28)27(33)34-2/h3-5,7-14,17-18H,6,15-16H2,1-2H3,(H,30,31,32). The number of anilines is 2. The molecule has 5 rings (SSSR count). The number of aryl methyl sites for hydroxylation is 1. The number of hydrogen-bond acceptors (Lipinski definition) is 6. The van der Waals surface area contributed by atoms with E-state index in [1.807, 2.05) is 79.7 Å². The van der Waals surface area contributed by atoms with Gasteiger partial charge >= 0.3 is 5.97 Å². The van der Waals surface area contributed by atoms with Crippen LogP contribution in [0.3, 0.4) is 0 Å². The van der Waals surface area contributed by atoms with E-state index in [0.717, 1.165) is 53.0 Å². The summed E-state index contributed by atoms with van der Waals surface area (Å²) in [7, 11) is 1.46. The van der Waals surface area contributed by atoms with Gasteiger partial charge in [0.2, 0.25) is 0 Å². The second-order valence-corrected chi connectivity index (χ2v) is 8.65. The zero-order valence-corrected chi connectivity index (χ0v) is 19.3. The zero-order valence-electron chi connectivity index (χ0n) is 19.3. The van der Waals surface area contributed by atoms with Crippen molar-refractivity contribution in [3.8, 4) is 22.6 Å². The Morgan fingerprint density at radius 2 is 1.71 bits per heavy atom. The van der Waals surface area contributed by atoms with Crippen molar-refractivity contribution in [2.75, 3.05) is 12.4 Å². The molecule has 6 nitrogen and oxygen atoms in total. The number of esters is 1. The normalized spacial score (nSPS) is 14.2. The maximum atomic E-state index is 12.4. The molecule has 2 aromatic carbocycles. The first-order valence-corrected chi connectivity index (χ1v) is 11.4. The molecular formula is C28H26N4O2. The quantitative estimate of drug-likeness (QED) is 0.371. The molecule has 0 saturated heterocycles. The first-order valence-electron chi connectivity index (χ1n) is 11.4. The van der Waals surface area contributed by atoms with Crippen molar-refractivity contribution in [1.29, 1.82) is 0 Å². The summed E-state index contributed by atoms with van der Waals surface area (Å²) < 4.78 is 5.08. The second-order valence-electron chi connectivity index (χ2n) is 8.65. The smallest absolute Gasteiger partial charge is 0.316 e. The molecule has 1 saturated carbocycles. The number of pyridine rings is 1. The number of carbonyl (C=O) groups is 1. The maximum absolute atomic E-state index is 12.4. The molecule has 170 valence electrons. The lowest BCUT2D eigenvalue weighted by Crippen LogP contribution is -2.43. The summed E-state index contributed by atoms with van der Waals surface area (Å²) in [5.41, 5.74) is 5.00. The van der Waals surface area contributed by atoms with Crippen molar-refractivity contribution < 1.29 is 9.53 Å². The molecule has 0 radical (unpaired) electrons. The Labute approximate surface area is 199 Å². The number of benzene rings is 2. The van der Waals surface area contributed by atoms with Gasteiger partial charge in [-0.2, -0.15) is 0 Å². The highest BCUT2D eigenvalue weighted by molar-refractivity contribution is 5.84. The van der Waals surface area contributed by atoms with Crippen LogP contribution in [0.4, 0.5) is 11.5 Å². The average Bonchev–Trinajstić information content (AvgIpc) is 2.85. The van der Waals surface area contributed by atoms with Gasteiger partial charge in [0.15, 0.2) is 5.82 Å². The minimum Gasteiger partial charge on any atom is -0.468 e. The SMILES string of the molecule is COC(=O)C1(c2ccc(Nc3cc(-c4ccccc4)nc(-c4ccc(C)nc4)n3)cc2)CCC1. The van der Waals surface area contributed by atoms with Crippen LogP contribution in [0.5, 0.6) is 0 Å². The van der Waals surface area contributed by atoms with Crippen molar-refractivity contribution in [2.45, 2.75) is 31.6 Å². The van der Waals surface area contributed by atoms with Crippen LogP contribution < -0.4 is 5.32 Å². The minimum absolute atomic E-state index is 0.154. The van der Waals surface area contributed by atoms with Gasteiger partial charge in [0.05, 0.1) is 18.2 Å². The monoisotopic (exact) mass is 450 g/mol. The summed E-state index contributed by atoms with van der Waals surface area (Å²) in [6, 6.07) is 23.9. The molecule has 0 unspecified atom stereocenters. The predicted molar refractivity (Wildman–Crippen MR) is 133 cm³/mol. The topological polar surface area (TPSA) is 77.0 Å². The number of ether oxygens (including phenoxy) is 1. The van der Waals surface area contributed by atoms with E-state index in [9.17, 15) is 4.79 Å². The molecule has 1 aliphatic carbocycles. The lowest BCUT2D eigenvalue weighted by atomic mass is 9.64. The van der Waals surface area contributed by atoms with E-state index in [4.69, 9.17) is 14.7 Å². The van der Waals surface area contributed by atoms with Crippen LogP contribution in [0.25, 0.3) is 22.6 Å². The summed E-state index contributed by atoms with van der Waals surface area (Å²) in [6.07, 6.45) is 4.48. The van der Waals surface area contributed by atoms with Crippen LogP contribution >= 0.6 is 0 Å². The Kier molecular flexibility index (Phi) is 5.80. The summed E-state index contributed by atoms with van der Waals surface area (Å²) in [4.78, 5) is 26.4. The summed E-state index contributed by atoms with van der Waals surface area (Å²) in [5, 5.41) is 3.41. The van der Waals surface area contributed by atoms with E-state index < -0.39 is 5.41 Å². The maximum Gasteiger partial charge on any atom is 0.316 e. The van der Waals surface area contributed by atoms with Gasteiger partial charge in [0.25, 0.3) is 0 Å². The van der Waals surface area contributed by atoms with Crippen molar-refractivity contribution in [1.82, 2.24) is 15.0 Å². The van der Waals surface area contributed by atoms with Crippen LogP contribution in [0, 0.1) is 6.92 Å². The van der Waals surface area contributed by atoms with E-state index in [1.54, 1.807) is 6.20 Å². The van der Waals surface area contributed by atoms with Crippen LogP contribution in [-0.2, 0) is 14.9 Å². The number of hydrogen-bond donors (Lipinski definition) is 1. The summed E-state index contributed by atoms with van der Waals surface area (Å²) in [5.74, 6) is 1.13. The zero-order chi connectivity index (χ0) is 23.5.